The molecule has 1 unspecified atom stereocenters. The number of hydrogen-bond donors (Lipinski definition) is 1. The van der Waals surface area contributed by atoms with Crippen molar-refractivity contribution in [1.29, 1.82) is 0 Å². The largest absolute Gasteiger partial charge is 0.305 e. The zero-order valence-electron chi connectivity index (χ0n) is 12.3. The van der Waals surface area contributed by atoms with Gasteiger partial charge in [0.2, 0.25) is 0 Å². The normalized spacial score (nSPS) is 19.5. The summed E-state index contributed by atoms with van der Waals surface area (Å²) in [6.45, 7) is 5.16. The van der Waals surface area contributed by atoms with Crippen LogP contribution in [0.25, 0.3) is 0 Å². The van der Waals surface area contributed by atoms with Crippen molar-refractivity contribution in [1.82, 2.24) is 5.32 Å². The molecule has 1 atom stereocenters. The lowest BCUT2D eigenvalue weighted by Gasteiger charge is -2.29. The first-order valence-electron chi connectivity index (χ1n) is 7.22. The molecule has 1 N–H and O–H groups in total. The van der Waals surface area contributed by atoms with Gasteiger partial charge < -0.3 is 5.32 Å². The molecule has 1 aliphatic carbocycles. The molecule has 0 fully saturated rings. The Morgan fingerprint density at radius 1 is 1.24 bits per heavy atom. The van der Waals surface area contributed by atoms with Gasteiger partial charge in [0.15, 0.2) is 0 Å². The smallest absolute Gasteiger partial charge is 0.123 e. The van der Waals surface area contributed by atoms with Crippen LogP contribution in [0.2, 0.25) is 5.02 Å². The van der Waals surface area contributed by atoms with Crippen molar-refractivity contribution in [3.8, 4) is 0 Å². The zero-order valence-corrected chi connectivity index (χ0v) is 13.0. The second-order valence-corrected chi connectivity index (χ2v) is 6.89. The Hall–Kier alpha value is -1.38. The lowest BCUT2D eigenvalue weighted by molar-refractivity contribution is 0.268. The molecule has 0 amide bonds. The van der Waals surface area contributed by atoms with Gasteiger partial charge in [0.25, 0.3) is 0 Å². The lowest BCUT2D eigenvalue weighted by Crippen LogP contribution is -2.30. The van der Waals surface area contributed by atoms with E-state index in [9.17, 15) is 4.39 Å². The van der Waals surface area contributed by atoms with E-state index in [4.69, 9.17) is 11.6 Å². The quantitative estimate of drug-likeness (QED) is 0.851. The first kappa shape index (κ1) is 14.6. The van der Waals surface area contributed by atoms with Gasteiger partial charge in [-0.15, -0.1) is 0 Å². The van der Waals surface area contributed by atoms with Crippen molar-refractivity contribution >= 4 is 11.6 Å². The number of rotatable bonds is 3. The molecule has 0 bridgehead atoms. The average molecular weight is 304 g/mol. The lowest BCUT2D eigenvalue weighted by atomic mass is 9.85. The SMILES string of the molecule is CC1(C)Cc2ccc(Cl)cc2C1NCc1cccc(F)c1. The summed E-state index contributed by atoms with van der Waals surface area (Å²) in [5.74, 6) is -0.191. The first-order chi connectivity index (χ1) is 9.95. The summed E-state index contributed by atoms with van der Waals surface area (Å²) in [6.07, 6.45) is 1.03. The minimum Gasteiger partial charge on any atom is -0.305 e. The number of nitrogens with one attached hydrogen (secondary N) is 1. The topological polar surface area (TPSA) is 12.0 Å². The van der Waals surface area contributed by atoms with Gasteiger partial charge in [-0.1, -0.05) is 43.6 Å². The Balaban J connectivity index is 1.83. The van der Waals surface area contributed by atoms with Crippen LogP contribution >= 0.6 is 11.6 Å². The summed E-state index contributed by atoms with van der Waals surface area (Å²) in [7, 11) is 0. The van der Waals surface area contributed by atoms with E-state index in [1.165, 1.54) is 17.2 Å². The van der Waals surface area contributed by atoms with Gasteiger partial charge in [-0.25, -0.2) is 4.39 Å². The fourth-order valence-corrected chi connectivity index (χ4v) is 3.44. The fraction of sp³-hybridized carbons (Fsp3) is 0.333. The Bertz CT molecular complexity index is 666. The van der Waals surface area contributed by atoms with E-state index in [1.807, 2.05) is 12.1 Å². The molecule has 110 valence electrons. The van der Waals surface area contributed by atoms with Crippen LogP contribution in [0.5, 0.6) is 0 Å². The van der Waals surface area contributed by atoms with E-state index in [0.29, 0.717) is 6.54 Å². The van der Waals surface area contributed by atoms with Crippen LogP contribution in [-0.4, -0.2) is 0 Å². The summed E-state index contributed by atoms with van der Waals surface area (Å²) < 4.78 is 13.3. The first-order valence-corrected chi connectivity index (χ1v) is 7.60. The fourth-order valence-electron chi connectivity index (χ4n) is 3.26. The molecular weight excluding hydrogens is 285 g/mol. The number of benzene rings is 2. The van der Waals surface area contributed by atoms with Crippen molar-refractivity contribution in [3.63, 3.8) is 0 Å². The molecule has 1 nitrogen and oxygen atoms in total. The third-order valence-electron chi connectivity index (χ3n) is 4.25. The van der Waals surface area contributed by atoms with Crippen molar-refractivity contribution < 1.29 is 4.39 Å². The molecule has 2 aromatic rings. The Morgan fingerprint density at radius 2 is 2.05 bits per heavy atom. The summed E-state index contributed by atoms with van der Waals surface area (Å²) in [4.78, 5) is 0. The van der Waals surface area contributed by atoms with E-state index in [1.54, 1.807) is 12.1 Å². The van der Waals surface area contributed by atoms with Gasteiger partial charge in [-0.05, 0) is 52.8 Å². The van der Waals surface area contributed by atoms with Crippen molar-refractivity contribution in [2.45, 2.75) is 32.9 Å². The number of fused-ring (bicyclic) bond motifs is 1. The second-order valence-electron chi connectivity index (χ2n) is 6.45. The highest BCUT2D eigenvalue weighted by Crippen LogP contribution is 2.45. The van der Waals surface area contributed by atoms with Gasteiger partial charge in [0.05, 0.1) is 0 Å². The molecule has 0 spiro atoms. The molecule has 0 aliphatic heterocycles. The highest BCUT2D eigenvalue weighted by atomic mass is 35.5. The molecular formula is C18H19ClFN. The summed E-state index contributed by atoms with van der Waals surface area (Å²) in [5, 5.41) is 4.34. The molecule has 0 saturated carbocycles. The Morgan fingerprint density at radius 3 is 2.81 bits per heavy atom. The number of halogens is 2. The van der Waals surface area contributed by atoms with E-state index in [2.05, 4.69) is 31.3 Å². The van der Waals surface area contributed by atoms with Gasteiger partial charge in [0, 0.05) is 17.6 Å². The number of hydrogen-bond acceptors (Lipinski definition) is 1. The molecule has 0 saturated heterocycles. The standard InChI is InChI=1S/C18H19ClFN/c1-18(2)10-13-6-7-14(19)9-16(13)17(18)21-11-12-4-3-5-15(20)8-12/h3-9,17,21H,10-11H2,1-2H3. The van der Waals surface area contributed by atoms with E-state index in [0.717, 1.165) is 17.0 Å². The van der Waals surface area contributed by atoms with Crippen molar-refractivity contribution in [2.75, 3.05) is 0 Å². The monoisotopic (exact) mass is 303 g/mol. The molecule has 1 aliphatic rings. The van der Waals surface area contributed by atoms with Gasteiger partial charge in [-0.3, -0.25) is 0 Å². The average Bonchev–Trinajstić information content (AvgIpc) is 2.66. The summed E-state index contributed by atoms with van der Waals surface area (Å²) in [6, 6.07) is 13.1. The molecule has 0 radical (unpaired) electrons. The zero-order chi connectivity index (χ0) is 15.0. The van der Waals surface area contributed by atoms with E-state index in [-0.39, 0.29) is 17.3 Å². The third kappa shape index (κ3) is 2.97. The van der Waals surface area contributed by atoms with Crippen LogP contribution in [0.1, 0.15) is 36.6 Å². The van der Waals surface area contributed by atoms with Gasteiger partial charge >= 0.3 is 0 Å². The van der Waals surface area contributed by atoms with Crippen LogP contribution in [0.3, 0.4) is 0 Å². The van der Waals surface area contributed by atoms with Crippen LogP contribution in [0.15, 0.2) is 42.5 Å². The highest BCUT2D eigenvalue weighted by Gasteiger charge is 2.38. The second kappa shape index (κ2) is 5.43. The summed E-state index contributed by atoms with van der Waals surface area (Å²) in [5.41, 5.74) is 3.70. The van der Waals surface area contributed by atoms with Crippen LogP contribution in [0, 0.1) is 11.2 Å². The van der Waals surface area contributed by atoms with E-state index >= 15 is 0 Å². The van der Waals surface area contributed by atoms with Crippen LogP contribution in [0.4, 0.5) is 4.39 Å². The molecule has 0 aromatic heterocycles. The van der Waals surface area contributed by atoms with E-state index < -0.39 is 0 Å². The molecule has 21 heavy (non-hydrogen) atoms. The predicted molar refractivity (Wildman–Crippen MR) is 84.9 cm³/mol. The van der Waals surface area contributed by atoms with Crippen LogP contribution < -0.4 is 5.32 Å². The van der Waals surface area contributed by atoms with Crippen LogP contribution in [-0.2, 0) is 13.0 Å². The predicted octanol–water partition coefficient (Wildman–Crippen LogP) is 4.89. The highest BCUT2D eigenvalue weighted by molar-refractivity contribution is 6.30. The van der Waals surface area contributed by atoms with Crippen molar-refractivity contribution in [3.05, 3.63) is 70.0 Å². The molecule has 2 aromatic carbocycles. The van der Waals surface area contributed by atoms with Gasteiger partial charge in [-0.2, -0.15) is 0 Å². The Labute approximate surface area is 130 Å². The minimum atomic E-state index is -0.191. The molecule has 3 rings (SSSR count). The third-order valence-corrected chi connectivity index (χ3v) is 4.48. The van der Waals surface area contributed by atoms with Gasteiger partial charge in [0.1, 0.15) is 5.82 Å². The Kier molecular flexibility index (Phi) is 3.76. The maximum absolute atomic E-state index is 13.3. The minimum absolute atomic E-state index is 0.125. The summed E-state index contributed by atoms with van der Waals surface area (Å²) >= 11 is 6.14. The van der Waals surface area contributed by atoms with Crippen molar-refractivity contribution in [2.24, 2.45) is 5.41 Å². The molecule has 0 heterocycles. The maximum atomic E-state index is 13.3. The maximum Gasteiger partial charge on any atom is 0.123 e. The molecule has 3 heteroatoms.